The Balaban J connectivity index is 1.59. The van der Waals surface area contributed by atoms with E-state index in [-0.39, 0.29) is 0 Å². The van der Waals surface area contributed by atoms with E-state index >= 15 is 0 Å². The molecule has 35 heavy (non-hydrogen) atoms. The average molecular weight is 469 g/mol. The van der Waals surface area contributed by atoms with Crippen molar-refractivity contribution in [3.8, 4) is 0 Å². The molecule has 0 fully saturated rings. The maximum absolute atomic E-state index is 2.31. The number of rotatable bonds is 0. The summed E-state index contributed by atoms with van der Waals surface area (Å²) in [7, 11) is 4.33. The summed E-state index contributed by atoms with van der Waals surface area (Å²) in [5.41, 5.74) is 12.8. The van der Waals surface area contributed by atoms with Gasteiger partial charge in [-0.3, -0.25) is 0 Å². The zero-order valence-corrected chi connectivity index (χ0v) is 20.5. The second kappa shape index (κ2) is 7.72. The number of para-hydroxylation sites is 4. The summed E-state index contributed by atoms with van der Waals surface area (Å²) in [6.07, 6.45) is 0. The highest BCUT2D eigenvalue weighted by molar-refractivity contribution is 7.08. The van der Waals surface area contributed by atoms with Crippen molar-refractivity contribution in [3.63, 3.8) is 0 Å². The topological polar surface area (TPSA) is 6.48 Å². The molecule has 0 unspecified atom stereocenters. The number of benzene rings is 4. The molecule has 2 nitrogen and oxygen atoms in total. The molecule has 3 heterocycles. The summed E-state index contributed by atoms with van der Waals surface area (Å²) in [4.78, 5) is 4.61. The molecule has 0 atom stereocenters. The van der Waals surface area contributed by atoms with Crippen molar-refractivity contribution in [2.45, 2.75) is 0 Å². The average Bonchev–Trinajstić information content (AvgIpc) is 3.38. The van der Waals surface area contributed by atoms with E-state index in [0.29, 0.717) is 0 Å². The molecule has 0 spiro atoms. The Kier molecular flexibility index (Phi) is 4.48. The van der Waals surface area contributed by atoms with Crippen LogP contribution in [0, 0.1) is 0 Å². The molecule has 0 saturated heterocycles. The molecule has 2 aliphatic heterocycles. The Bertz CT molecular complexity index is 1520. The monoisotopic (exact) mass is 468 g/mol. The smallest absolute Gasteiger partial charge is 0.0488 e. The Morgan fingerprint density at radius 1 is 0.400 bits per heavy atom. The fourth-order valence-electron chi connectivity index (χ4n) is 5.60. The normalized spacial score (nSPS) is 13.8. The lowest BCUT2D eigenvalue weighted by atomic mass is 9.90. The number of hydrogen-bond donors (Lipinski definition) is 0. The largest absolute Gasteiger partial charge is 0.344 e. The van der Waals surface area contributed by atoms with Crippen LogP contribution in [-0.4, -0.2) is 14.1 Å². The Morgan fingerprint density at radius 3 is 1.00 bits per heavy atom. The summed E-state index contributed by atoms with van der Waals surface area (Å²) in [5.74, 6) is 0. The third-order valence-corrected chi connectivity index (χ3v) is 8.36. The quantitative estimate of drug-likeness (QED) is 0.259. The van der Waals surface area contributed by atoms with Crippen LogP contribution in [0.25, 0.3) is 11.1 Å². The van der Waals surface area contributed by atoms with Crippen molar-refractivity contribution in [2.75, 3.05) is 23.9 Å². The third kappa shape index (κ3) is 2.95. The van der Waals surface area contributed by atoms with E-state index in [1.807, 2.05) is 11.3 Å². The van der Waals surface area contributed by atoms with Gasteiger partial charge in [0.25, 0.3) is 0 Å². The lowest BCUT2D eigenvalue weighted by Crippen LogP contribution is -2.21. The van der Waals surface area contributed by atoms with E-state index in [9.17, 15) is 0 Å². The van der Waals surface area contributed by atoms with Gasteiger partial charge in [0.2, 0.25) is 0 Å². The first-order chi connectivity index (χ1) is 17.2. The molecule has 7 rings (SSSR count). The van der Waals surface area contributed by atoms with Gasteiger partial charge < -0.3 is 9.80 Å². The molecular formula is C32H24N2S. The highest BCUT2D eigenvalue weighted by atomic mass is 32.1. The molecule has 0 amide bonds. The SMILES string of the molecule is CN1c2ccccc2C(=c2ccc(=C3c4ccccc4N(C)c4ccccc43)s2)c2ccccc21. The summed E-state index contributed by atoms with van der Waals surface area (Å²) < 4.78 is 2.60. The van der Waals surface area contributed by atoms with Gasteiger partial charge in [0, 0.05) is 79.3 Å². The van der Waals surface area contributed by atoms with Crippen LogP contribution in [0.1, 0.15) is 22.3 Å². The predicted molar refractivity (Wildman–Crippen MR) is 149 cm³/mol. The van der Waals surface area contributed by atoms with E-state index in [4.69, 9.17) is 0 Å². The molecule has 0 aliphatic carbocycles. The number of nitrogens with zero attached hydrogens (tertiary/aromatic N) is 2. The predicted octanol–water partition coefficient (Wildman–Crippen LogP) is 6.41. The number of hydrogen-bond acceptors (Lipinski definition) is 3. The van der Waals surface area contributed by atoms with E-state index in [1.54, 1.807) is 0 Å². The van der Waals surface area contributed by atoms with Crippen LogP contribution in [0.3, 0.4) is 0 Å². The molecule has 0 N–H and O–H groups in total. The first-order valence-corrected chi connectivity index (χ1v) is 12.7. The summed E-state index contributed by atoms with van der Waals surface area (Å²) in [5, 5.41) is 0. The van der Waals surface area contributed by atoms with Gasteiger partial charge in [-0.15, -0.1) is 11.3 Å². The summed E-state index contributed by atoms with van der Waals surface area (Å²) >= 11 is 1.89. The van der Waals surface area contributed by atoms with Gasteiger partial charge in [0.15, 0.2) is 0 Å². The van der Waals surface area contributed by atoms with Gasteiger partial charge in [-0.1, -0.05) is 72.8 Å². The van der Waals surface area contributed by atoms with Crippen molar-refractivity contribution in [1.29, 1.82) is 0 Å². The lowest BCUT2D eigenvalue weighted by molar-refractivity contribution is 1.17. The van der Waals surface area contributed by atoms with Crippen molar-refractivity contribution in [1.82, 2.24) is 0 Å². The molecule has 5 aromatic rings. The zero-order valence-electron chi connectivity index (χ0n) is 19.7. The minimum absolute atomic E-state index is 1.25. The van der Waals surface area contributed by atoms with Crippen LogP contribution >= 0.6 is 11.3 Å². The molecule has 2 aliphatic rings. The van der Waals surface area contributed by atoms with Gasteiger partial charge in [-0.05, 0) is 36.4 Å². The Labute approximate surface area is 209 Å². The van der Waals surface area contributed by atoms with E-state index < -0.39 is 0 Å². The number of fused-ring (bicyclic) bond motifs is 4. The summed E-state index contributed by atoms with van der Waals surface area (Å²) in [6, 6.07) is 39.6. The van der Waals surface area contributed by atoms with Crippen LogP contribution in [0.15, 0.2) is 109 Å². The molecule has 0 saturated carbocycles. The number of anilines is 4. The fourth-order valence-corrected chi connectivity index (χ4v) is 6.75. The van der Waals surface area contributed by atoms with E-state index in [1.165, 1.54) is 65.2 Å². The van der Waals surface area contributed by atoms with E-state index in [0.717, 1.165) is 0 Å². The van der Waals surface area contributed by atoms with Crippen molar-refractivity contribution in [3.05, 3.63) is 141 Å². The molecule has 168 valence electrons. The zero-order chi connectivity index (χ0) is 23.5. The second-order valence-electron chi connectivity index (χ2n) is 9.10. The first kappa shape index (κ1) is 20.3. The highest BCUT2D eigenvalue weighted by Gasteiger charge is 2.26. The van der Waals surface area contributed by atoms with Crippen LogP contribution < -0.4 is 18.9 Å². The maximum atomic E-state index is 2.31. The molecule has 0 radical (unpaired) electrons. The minimum Gasteiger partial charge on any atom is -0.344 e. The van der Waals surface area contributed by atoms with Crippen LogP contribution in [0.4, 0.5) is 22.7 Å². The third-order valence-electron chi connectivity index (χ3n) is 7.24. The molecule has 0 bridgehead atoms. The van der Waals surface area contributed by atoms with Gasteiger partial charge in [-0.2, -0.15) is 0 Å². The fraction of sp³-hybridized carbons (Fsp3) is 0.0625. The molecule has 3 heteroatoms. The van der Waals surface area contributed by atoms with Gasteiger partial charge >= 0.3 is 0 Å². The second-order valence-corrected chi connectivity index (χ2v) is 10.2. The van der Waals surface area contributed by atoms with E-state index in [2.05, 4.69) is 133 Å². The van der Waals surface area contributed by atoms with Crippen LogP contribution in [-0.2, 0) is 0 Å². The molecular weight excluding hydrogens is 444 g/mol. The van der Waals surface area contributed by atoms with Crippen molar-refractivity contribution >= 4 is 45.2 Å². The highest BCUT2D eigenvalue weighted by Crippen LogP contribution is 2.44. The standard InChI is InChI=1S/C32H24N2S/c1-33-25-15-7-3-11-21(25)31(22-12-4-8-16-26(22)33)29-19-20-30(35-29)32-23-13-5-9-17-27(23)34(2)28-18-10-6-14-24(28)32/h3-20H,1-2H3. The minimum atomic E-state index is 1.25. The van der Waals surface area contributed by atoms with Gasteiger partial charge in [0.1, 0.15) is 0 Å². The first-order valence-electron chi connectivity index (χ1n) is 11.9. The van der Waals surface area contributed by atoms with Crippen LogP contribution in [0.5, 0.6) is 0 Å². The Morgan fingerprint density at radius 2 is 0.686 bits per heavy atom. The molecule has 4 aromatic carbocycles. The van der Waals surface area contributed by atoms with Crippen molar-refractivity contribution in [2.24, 2.45) is 0 Å². The lowest BCUT2D eigenvalue weighted by Gasteiger charge is -2.31. The van der Waals surface area contributed by atoms with Gasteiger partial charge in [0.05, 0.1) is 0 Å². The summed E-state index contributed by atoms with van der Waals surface area (Å²) in [6.45, 7) is 0. The molecule has 1 aromatic heterocycles. The van der Waals surface area contributed by atoms with Crippen molar-refractivity contribution < 1.29 is 0 Å². The Hall–Kier alpha value is -4.08. The maximum Gasteiger partial charge on any atom is 0.0488 e. The van der Waals surface area contributed by atoms with Gasteiger partial charge in [-0.25, -0.2) is 0 Å². The van der Waals surface area contributed by atoms with Crippen LogP contribution in [0.2, 0.25) is 0 Å². The number of thiophene rings is 1.